The van der Waals surface area contributed by atoms with E-state index in [9.17, 15) is 0 Å². The molecule has 0 atom stereocenters. The van der Waals surface area contributed by atoms with Crippen molar-refractivity contribution >= 4 is 17.3 Å². The molecule has 0 amide bonds. The van der Waals surface area contributed by atoms with Crippen molar-refractivity contribution in [2.24, 2.45) is 4.99 Å². The lowest BCUT2D eigenvalue weighted by Gasteiger charge is -2.21. The standard InChI is InChI=1S/C15H24N6S/c1-5-16-15(17-6-7-21-9-12(2)8-18-21)20(4)10-14-11-22-13(3)19-14/h8-9,11H,5-7,10H2,1-4H3,(H,16,17). The molecule has 2 heterocycles. The summed E-state index contributed by atoms with van der Waals surface area (Å²) in [6, 6.07) is 0. The highest BCUT2D eigenvalue weighted by atomic mass is 32.1. The van der Waals surface area contributed by atoms with Crippen molar-refractivity contribution in [1.82, 2.24) is 25.0 Å². The van der Waals surface area contributed by atoms with Crippen molar-refractivity contribution in [3.63, 3.8) is 0 Å². The van der Waals surface area contributed by atoms with E-state index in [4.69, 9.17) is 0 Å². The Bertz CT molecular complexity index is 615. The van der Waals surface area contributed by atoms with E-state index in [1.807, 2.05) is 38.0 Å². The third kappa shape index (κ3) is 4.84. The van der Waals surface area contributed by atoms with Crippen LogP contribution >= 0.6 is 11.3 Å². The molecule has 0 spiro atoms. The van der Waals surface area contributed by atoms with E-state index in [0.29, 0.717) is 6.54 Å². The van der Waals surface area contributed by atoms with Gasteiger partial charge in [0.25, 0.3) is 0 Å². The molecule has 0 saturated heterocycles. The molecule has 7 heteroatoms. The zero-order valence-corrected chi connectivity index (χ0v) is 14.5. The number of aryl methyl sites for hydroxylation is 2. The Balaban J connectivity index is 1.93. The van der Waals surface area contributed by atoms with Crippen molar-refractivity contribution < 1.29 is 0 Å². The molecule has 0 aliphatic heterocycles. The van der Waals surface area contributed by atoms with Crippen LogP contribution in [0.5, 0.6) is 0 Å². The monoisotopic (exact) mass is 320 g/mol. The second kappa shape index (κ2) is 7.93. The summed E-state index contributed by atoms with van der Waals surface area (Å²) in [7, 11) is 2.04. The van der Waals surface area contributed by atoms with E-state index in [1.54, 1.807) is 11.3 Å². The van der Waals surface area contributed by atoms with Gasteiger partial charge >= 0.3 is 0 Å². The number of aliphatic imine (C=N–C) groups is 1. The molecule has 0 unspecified atom stereocenters. The average molecular weight is 320 g/mol. The quantitative estimate of drug-likeness (QED) is 0.654. The van der Waals surface area contributed by atoms with Crippen molar-refractivity contribution in [3.8, 4) is 0 Å². The zero-order chi connectivity index (χ0) is 15.9. The van der Waals surface area contributed by atoms with Gasteiger partial charge in [-0.3, -0.25) is 9.67 Å². The van der Waals surface area contributed by atoms with Crippen LogP contribution in [0.1, 0.15) is 23.2 Å². The number of rotatable bonds is 6. The number of aromatic nitrogens is 3. The van der Waals surface area contributed by atoms with Gasteiger partial charge < -0.3 is 10.2 Å². The Labute approximate surface area is 135 Å². The molecule has 22 heavy (non-hydrogen) atoms. The SMILES string of the molecule is CCNC(=NCCn1cc(C)cn1)N(C)Cc1csc(C)n1. The van der Waals surface area contributed by atoms with Gasteiger partial charge in [0.1, 0.15) is 0 Å². The van der Waals surface area contributed by atoms with E-state index in [1.165, 1.54) is 5.56 Å². The Morgan fingerprint density at radius 1 is 1.45 bits per heavy atom. The first-order chi connectivity index (χ1) is 10.6. The largest absolute Gasteiger partial charge is 0.357 e. The molecular weight excluding hydrogens is 296 g/mol. The van der Waals surface area contributed by atoms with Gasteiger partial charge in [0.15, 0.2) is 5.96 Å². The second-order valence-electron chi connectivity index (χ2n) is 5.23. The predicted octanol–water partition coefficient (Wildman–Crippen LogP) is 2.05. The van der Waals surface area contributed by atoms with Gasteiger partial charge in [-0.15, -0.1) is 11.3 Å². The first-order valence-corrected chi connectivity index (χ1v) is 8.36. The van der Waals surface area contributed by atoms with Crippen molar-refractivity contribution in [2.75, 3.05) is 20.1 Å². The van der Waals surface area contributed by atoms with Crippen LogP contribution in [0.25, 0.3) is 0 Å². The summed E-state index contributed by atoms with van der Waals surface area (Å²) in [5, 5.41) is 10.8. The molecule has 0 saturated carbocycles. The molecule has 1 N–H and O–H groups in total. The third-order valence-electron chi connectivity index (χ3n) is 3.12. The Morgan fingerprint density at radius 3 is 2.86 bits per heavy atom. The van der Waals surface area contributed by atoms with E-state index in [0.717, 1.165) is 36.3 Å². The fourth-order valence-electron chi connectivity index (χ4n) is 2.12. The van der Waals surface area contributed by atoms with Crippen LogP contribution in [0.2, 0.25) is 0 Å². The molecule has 0 bridgehead atoms. The fourth-order valence-corrected chi connectivity index (χ4v) is 2.72. The summed E-state index contributed by atoms with van der Waals surface area (Å²) >= 11 is 1.68. The maximum atomic E-state index is 4.67. The zero-order valence-electron chi connectivity index (χ0n) is 13.7. The maximum absolute atomic E-state index is 4.67. The van der Waals surface area contributed by atoms with Gasteiger partial charge in [-0.25, -0.2) is 4.98 Å². The number of guanidine groups is 1. The summed E-state index contributed by atoms with van der Waals surface area (Å²) < 4.78 is 1.92. The fraction of sp³-hybridized carbons (Fsp3) is 0.533. The van der Waals surface area contributed by atoms with Crippen LogP contribution in [0.3, 0.4) is 0 Å². The molecule has 120 valence electrons. The van der Waals surface area contributed by atoms with Gasteiger partial charge in [0.05, 0.1) is 36.5 Å². The molecule has 0 fully saturated rings. The molecule has 0 radical (unpaired) electrons. The highest BCUT2D eigenvalue weighted by Crippen LogP contribution is 2.09. The normalized spacial score (nSPS) is 11.7. The molecule has 2 rings (SSSR count). The van der Waals surface area contributed by atoms with Crippen LogP contribution in [0, 0.1) is 13.8 Å². The molecule has 0 aliphatic carbocycles. The lowest BCUT2D eigenvalue weighted by molar-refractivity contribution is 0.469. The van der Waals surface area contributed by atoms with Crippen LogP contribution in [-0.4, -0.2) is 45.8 Å². The minimum Gasteiger partial charge on any atom is -0.357 e. The minimum atomic E-state index is 0.698. The number of hydrogen-bond donors (Lipinski definition) is 1. The summed E-state index contributed by atoms with van der Waals surface area (Å²) in [4.78, 5) is 11.3. The Morgan fingerprint density at radius 2 is 2.27 bits per heavy atom. The van der Waals surface area contributed by atoms with Crippen LogP contribution in [-0.2, 0) is 13.1 Å². The van der Waals surface area contributed by atoms with E-state index in [-0.39, 0.29) is 0 Å². The second-order valence-corrected chi connectivity index (χ2v) is 6.29. The number of nitrogens with one attached hydrogen (secondary N) is 1. The van der Waals surface area contributed by atoms with Gasteiger partial charge in [-0.05, 0) is 26.3 Å². The minimum absolute atomic E-state index is 0.698. The van der Waals surface area contributed by atoms with E-state index >= 15 is 0 Å². The molecule has 2 aromatic rings. The molecular formula is C15H24N6S. The van der Waals surface area contributed by atoms with Crippen LogP contribution in [0.15, 0.2) is 22.8 Å². The smallest absolute Gasteiger partial charge is 0.194 e. The predicted molar refractivity (Wildman–Crippen MR) is 91.3 cm³/mol. The first kappa shape index (κ1) is 16.5. The van der Waals surface area contributed by atoms with Crippen molar-refractivity contribution in [2.45, 2.75) is 33.9 Å². The maximum Gasteiger partial charge on any atom is 0.194 e. The van der Waals surface area contributed by atoms with E-state index in [2.05, 4.69) is 37.6 Å². The van der Waals surface area contributed by atoms with Gasteiger partial charge in [-0.1, -0.05) is 0 Å². The molecule has 0 aromatic carbocycles. The van der Waals surface area contributed by atoms with Crippen LogP contribution in [0.4, 0.5) is 0 Å². The van der Waals surface area contributed by atoms with Crippen molar-refractivity contribution in [3.05, 3.63) is 34.0 Å². The Hall–Kier alpha value is -1.89. The number of thiazole rings is 1. The average Bonchev–Trinajstić information content (AvgIpc) is 3.06. The molecule has 6 nitrogen and oxygen atoms in total. The third-order valence-corrected chi connectivity index (χ3v) is 3.94. The van der Waals surface area contributed by atoms with Gasteiger partial charge in [0, 0.05) is 25.2 Å². The highest BCUT2D eigenvalue weighted by molar-refractivity contribution is 7.09. The van der Waals surface area contributed by atoms with Crippen molar-refractivity contribution in [1.29, 1.82) is 0 Å². The highest BCUT2D eigenvalue weighted by Gasteiger charge is 2.08. The summed E-state index contributed by atoms with van der Waals surface area (Å²) in [5.74, 6) is 0.900. The lowest BCUT2D eigenvalue weighted by atomic mass is 10.4. The summed E-state index contributed by atoms with van der Waals surface area (Å²) in [5.41, 5.74) is 2.25. The van der Waals surface area contributed by atoms with Gasteiger partial charge in [0.2, 0.25) is 0 Å². The molecule has 0 aliphatic rings. The van der Waals surface area contributed by atoms with Gasteiger partial charge in [-0.2, -0.15) is 5.10 Å². The lowest BCUT2D eigenvalue weighted by Crippen LogP contribution is -2.38. The number of nitrogens with zero attached hydrogens (tertiary/aromatic N) is 5. The topological polar surface area (TPSA) is 58.3 Å². The van der Waals surface area contributed by atoms with E-state index < -0.39 is 0 Å². The molecule has 2 aromatic heterocycles. The summed E-state index contributed by atoms with van der Waals surface area (Å²) in [6.07, 6.45) is 3.90. The van der Waals surface area contributed by atoms with Crippen LogP contribution < -0.4 is 5.32 Å². The summed E-state index contributed by atoms with van der Waals surface area (Å²) in [6.45, 7) is 9.24. The first-order valence-electron chi connectivity index (χ1n) is 7.48. The Kier molecular flexibility index (Phi) is 5.94. The number of hydrogen-bond acceptors (Lipinski definition) is 4.